The molecule has 0 aliphatic heterocycles. The van der Waals surface area contributed by atoms with Crippen LogP contribution in [-0.4, -0.2) is 31.5 Å². The van der Waals surface area contributed by atoms with Gasteiger partial charge in [-0.1, -0.05) is 0 Å². The third-order valence-corrected chi connectivity index (χ3v) is 1.62. The first-order chi connectivity index (χ1) is 6.01. The van der Waals surface area contributed by atoms with Crippen molar-refractivity contribution in [1.82, 2.24) is 9.71 Å². The Morgan fingerprint density at radius 1 is 1.64 bits per heavy atom. The minimum Gasteiger partial charge on any atom is -0.412 e. The molecule has 8 nitrogen and oxygen atoms in total. The average molecular weight is 225 g/mol. The molecule has 0 saturated carbocycles. The van der Waals surface area contributed by atoms with Crippen molar-refractivity contribution in [3.63, 3.8) is 0 Å². The molecule has 0 aromatic carbocycles. The van der Waals surface area contributed by atoms with Gasteiger partial charge in [-0.15, -0.1) is 0 Å². The second-order valence-corrected chi connectivity index (χ2v) is 3.48. The van der Waals surface area contributed by atoms with Crippen molar-refractivity contribution >= 4 is 7.82 Å². The second kappa shape index (κ2) is 5.08. The molecule has 6 N–H and O–H groups in total. The van der Waals surface area contributed by atoms with Gasteiger partial charge in [0.25, 0.3) is 0 Å². The molecule has 0 amide bonds. The highest BCUT2D eigenvalue weighted by molar-refractivity contribution is 7.46. The number of nitrogens with zero attached hydrogens (tertiary/aromatic N) is 2. The summed E-state index contributed by atoms with van der Waals surface area (Å²) in [6.07, 6.45) is 3.08. The van der Waals surface area contributed by atoms with Crippen LogP contribution in [0.2, 0.25) is 0 Å². The van der Waals surface area contributed by atoms with Gasteiger partial charge in [0.2, 0.25) is 0 Å². The van der Waals surface area contributed by atoms with E-state index in [9.17, 15) is 4.57 Å². The lowest BCUT2D eigenvalue weighted by molar-refractivity contribution is 0.177. The lowest BCUT2D eigenvalue weighted by Gasteiger charge is -2.04. The summed E-state index contributed by atoms with van der Waals surface area (Å²) in [5.74, 6) is 0. The first-order valence-electron chi connectivity index (χ1n) is 3.50. The molecule has 82 valence electrons. The predicted molar refractivity (Wildman–Crippen MR) is 47.2 cm³/mol. The fourth-order valence-corrected chi connectivity index (χ4v) is 1.12. The molecule has 0 radical (unpaired) electrons. The van der Waals surface area contributed by atoms with E-state index in [0.29, 0.717) is 18.7 Å². The van der Waals surface area contributed by atoms with Crippen LogP contribution in [0.25, 0.3) is 0 Å². The third kappa shape index (κ3) is 4.35. The van der Waals surface area contributed by atoms with Gasteiger partial charge in [0.1, 0.15) is 6.33 Å². The van der Waals surface area contributed by atoms with Crippen LogP contribution >= 0.6 is 7.82 Å². The van der Waals surface area contributed by atoms with Crippen LogP contribution in [0.4, 0.5) is 0 Å². The molecular formula is C5H12N3O5P. The number of imidazole rings is 1. The van der Waals surface area contributed by atoms with E-state index in [1.807, 2.05) is 0 Å². The quantitative estimate of drug-likeness (QED) is 0.510. The van der Waals surface area contributed by atoms with E-state index in [2.05, 4.69) is 9.61 Å². The molecular weight excluding hydrogens is 213 g/mol. The monoisotopic (exact) mass is 225 g/mol. The SMILES string of the molecule is NCCc1cn(OP(=O)(O)O)cn1.O. The fraction of sp³-hybridized carbons (Fsp3) is 0.400. The van der Waals surface area contributed by atoms with Gasteiger partial charge in [-0.2, -0.15) is 4.73 Å². The predicted octanol–water partition coefficient (Wildman–Crippen LogP) is -1.92. The van der Waals surface area contributed by atoms with Gasteiger partial charge in [0.15, 0.2) is 0 Å². The molecule has 14 heavy (non-hydrogen) atoms. The molecule has 0 saturated heterocycles. The maximum Gasteiger partial charge on any atom is 0.543 e. The maximum atomic E-state index is 10.4. The van der Waals surface area contributed by atoms with Gasteiger partial charge in [-0.25, -0.2) is 9.55 Å². The third-order valence-electron chi connectivity index (χ3n) is 1.21. The molecule has 0 spiro atoms. The average Bonchev–Trinajstić information content (AvgIpc) is 2.33. The first kappa shape index (κ1) is 13.1. The van der Waals surface area contributed by atoms with Crippen molar-refractivity contribution in [2.45, 2.75) is 6.42 Å². The minimum atomic E-state index is -4.50. The number of rotatable bonds is 4. The van der Waals surface area contributed by atoms with Crippen LogP contribution in [-0.2, 0) is 11.0 Å². The minimum absolute atomic E-state index is 0. The summed E-state index contributed by atoms with van der Waals surface area (Å²) >= 11 is 0. The lowest BCUT2D eigenvalue weighted by atomic mass is 10.3. The highest BCUT2D eigenvalue weighted by atomic mass is 31.2. The van der Waals surface area contributed by atoms with Crippen LogP contribution in [0.5, 0.6) is 0 Å². The fourth-order valence-electron chi connectivity index (χ4n) is 0.789. The summed E-state index contributed by atoms with van der Waals surface area (Å²) in [6.45, 7) is 0.424. The molecule has 0 aliphatic rings. The molecule has 1 heterocycles. The van der Waals surface area contributed by atoms with Gasteiger partial charge < -0.3 is 15.8 Å². The van der Waals surface area contributed by atoms with Gasteiger partial charge in [0.05, 0.1) is 11.9 Å². The normalized spacial score (nSPS) is 10.8. The Hall–Kier alpha value is -0.920. The van der Waals surface area contributed by atoms with Crippen LogP contribution in [0, 0.1) is 0 Å². The number of hydrogen-bond acceptors (Lipinski definition) is 4. The Kier molecular flexibility index (Phi) is 4.75. The number of phosphoric acid groups is 1. The molecule has 0 atom stereocenters. The van der Waals surface area contributed by atoms with Crippen molar-refractivity contribution < 1.29 is 24.5 Å². The molecule has 1 aromatic heterocycles. The maximum absolute atomic E-state index is 10.4. The zero-order valence-electron chi connectivity index (χ0n) is 7.20. The Labute approximate surface area is 79.8 Å². The van der Waals surface area contributed by atoms with E-state index in [4.69, 9.17) is 15.5 Å². The Bertz CT molecular complexity index is 321. The molecule has 0 bridgehead atoms. The molecule has 0 aliphatic carbocycles. The van der Waals surface area contributed by atoms with Crippen LogP contribution in [0.15, 0.2) is 12.5 Å². The van der Waals surface area contributed by atoms with Crippen LogP contribution in [0.3, 0.4) is 0 Å². The van der Waals surface area contributed by atoms with Gasteiger partial charge in [0, 0.05) is 6.42 Å². The van der Waals surface area contributed by atoms with Gasteiger partial charge >= 0.3 is 7.82 Å². The van der Waals surface area contributed by atoms with E-state index in [-0.39, 0.29) is 5.48 Å². The standard InChI is InChI=1S/C5H10N3O4P.H2O/c6-2-1-5-3-8(4-7-5)12-13(9,10)11;/h3-4H,1-2,6H2,(H2,9,10,11);1H2. The van der Waals surface area contributed by atoms with Crippen LogP contribution < -0.4 is 10.4 Å². The van der Waals surface area contributed by atoms with E-state index in [1.54, 1.807) is 0 Å². The zero-order chi connectivity index (χ0) is 9.90. The second-order valence-electron chi connectivity index (χ2n) is 2.34. The molecule has 1 aromatic rings. The van der Waals surface area contributed by atoms with Gasteiger partial charge in [-0.3, -0.25) is 9.79 Å². The van der Waals surface area contributed by atoms with Crippen LogP contribution in [0.1, 0.15) is 5.69 Å². The summed E-state index contributed by atoms with van der Waals surface area (Å²) in [7, 11) is -4.50. The molecule has 9 heteroatoms. The summed E-state index contributed by atoms with van der Waals surface area (Å²) < 4.78 is 15.4. The Morgan fingerprint density at radius 3 is 2.79 bits per heavy atom. The highest BCUT2D eigenvalue weighted by Crippen LogP contribution is 2.31. The van der Waals surface area contributed by atoms with E-state index in [1.165, 1.54) is 12.5 Å². The number of hydrogen-bond donors (Lipinski definition) is 3. The lowest BCUT2D eigenvalue weighted by Crippen LogP contribution is -2.06. The first-order valence-corrected chi connectivity index (χ1v) is 5.03. The summed E-state index contributed by atoms with van der Waals surface area (Å²) in [4.78, 5) is 20.7. The molecule has 1 rings (SSSR count). The van der Waals surface area contributed by atoms with Crippen molar-refractivity contribution in [3.05, 3.63) is 18.2 Å². The van der Waals surface area contributed by atoms with Crippen molar-refractivity contribution in [1.29, 1.82) is 0 Å². The summed E-state index contributed by atoms with van der Waals surface area (Å²) in [5, 5.41) is 0. The molecule has 0 fully saturated rings. The van der Waals surface area contributed by atoms with E-state index >= 15 is 0 Å². The van der Waals surface area contributed by atoms with E-state index < -0.39 is 7.82 Å². The Balaban J connectivity index is 0.00000169. The van der Waals surface area contributed by atoms with Crippen molar-refractivity contribution in [3.8, 4) is 0 Å². The van der Waals surface area contributed by atoms with E-state index in [0.717, 1.165) is 4.73 Å². The molecule has 0 unspecified atom stereocenters. The zero-order valence-corrected chi connectivity index (χ0v) is 8.09. The Morgan fingerprint density at radius 2 is 2.29 bits per heavy atom. The summed E-state index contributed by atoms with van der Waals surface area (Å²) in [5.41, 5.74) is 5.87. The van der Waals surface area contributed by atoms with Crippen molar-refractivity contribution in [2.75, 3.05) is 6.54 Å². The topological polar surface area (TPSA) is 142 Å². The largest absolute Gasteiger partial charge is 0.543 e. The smallest absolute Gasteiger partial charge is 0.412 e. The van der Waals surface area contributed by atoms with Crippen molar-refractivity contribution in [2.24, 2.45) is 5.73 Å². The highest BCUT2D eigenvalue weighted by Gasteiger charge is 2.16. The number of nitrogens with two attached hydrogens (primary N) is 1. The summed E-state index contributed by atoms with van der Waals surface area (Å²) in [6, 6.07) is 0. The van der Waals surface area contributed by atoms with Gasteiger partial charge in [-0.05, 0) is 6.54 Å². The number of aromatic nitrogens is 2.